The van der Waals surface area contributed by atoms with E-state index in [-0.39, 0.29) is 13.2 Å². The highest BCUT2D eigenvalue weighted by Gasteiger charge is 2.14. The van der Waals surface area contributed by atoms with E-state index in [4.69, 9.17) is 9.05 Å². The summed E-state index contributed by atoms with van der Waals surface area (Å²) < 4.78 is 22.5. The van der Waals surface area contributed by atoms with Gasteiger partial charge in [0.25, 0.3) is 7.82 Å². The van der Waals surface area contributed by atoms with Crippen LogP contribution in [0.4, 0.5) is 0 Å². The molecule has 0 aromatic rings. The van der Waals surface area contributed by atoms with Gasteiger partial charge in [-0.15, -0.1) is 0 Å². The summed E-state index contributed by atoms with van der Waals surface area (Å²) in [5, 5.41) is 0. The molecule has 0 aliphatic heterocycles. The summed E-state index contributed by atoms with van der Waals surface area (Å²) in [5.41, 5.74) is 0. The second kappa shape index (κ2) is 16.7. The predicted molar refractivity (Wildman–Crippen MR) is 124 cm³/mol. The van der Waals surface area contributed by atoms with Gasteiger partial charge in [0.15, 0.2) is 0 Å². The average Bonchev–Trinajstić information content (AvgIpc) is 2.66. The molecule has 0 bridgehead atoms. The molecule has 1 rings (SSSR count). The third kappa shape index (κ3) is 17.7. The number of hydrogen-bond acceptors (Lipinski definition) is 4. The van der Waals surface area contributed by atoms with Crippen LogP contribution in [-0.2, 0) is 13.6 Å². The zero-order valence-electron chi connectivity index (χ0n) is 20.2. The summed E-state index contributed by atoms with van der Waals surface area (Å²) in [4.78, 5) is 11.8. The van der Waals surface area contributed by atoms with Crippen LogP contribution in [0.3, 0.4) is 0 Å². The van der Waals surface area contributed by atoms with E-state index in [0.717, 1.165) is 18.8 Å². The summed E-state index contributed by atoms with van der Waals surface area (Å²) in [5.74, 6) is 0.801. The molecule has 1 atom stereocenters. The van der Waals surface area contributed by atoms with Crippen LogP contribution < -0.4 is 4.89 Å². The highest BCUT2D eigenvalue weighted by molar-refractivity contribution is 7.45. The Morgan fingerprint density at radius 1 is 0.733 bits per heavy atom. The van der Waals surface area contributed by atoms with Crippen molar-refractivity contribution in [1.82, 2.24) is 0 Å². The molecule has 0 spiro atoms. The first kappa shape index (κ1) is 28.1. The summed E-state index contributed by atoms with van der Waals surface area (Å²) >= 11 is 0. The van der Waals surface area contributed by atoms with Gasteiger partial charge in [-0.3, -0.25) is 4.57 Å². The summed E-state index contributed by atoms with van der Waals surface area (Å²) in [6, 6.07) is 0. The zero-order valence-corrected chi connectivity index (χ0v) is 21.1. The monoisotopic (exact) mass is 447 g/mol. The molecule has 0 amide bonds. The molecule has 1 unspecified atom stereocenters. The van der Waals surface area contributed by atoms with Crippen LogP contribution in [0.25, 0.3) is 0 Å². The van der Waals surface area contributed by atoms with Gasteiger partial charge in [-0.05, 0) is 12.3 Å². The second-order valence-electron chi connectivity index (χ2n) is 10.3. The Hall–Kier alpha value is 0.0700. The Labute approximate surface area is 187 Å². The average molecular weight is 448 g/mol. The predicted octanol–water partition coefficient (Wildman–Crippen LogP) is 6.46. The van der Waals surface area contributed by atoms with Gasteiger partial charge in [0.05, 0.1) is 27.7 Å². The Morgan fingerprint density at radius 2 is 1.17 bits per heavy atom. The van der Waals surface area contributed by atoms with Gasteiger partial charge < -0.3 is 18.4 Å². The van der Waals surface area contributed by atoms with Gasteiger partial charge >= 0.3 is 0 Å². The third-order valence-corrected chi connectivity index (χ3v) is 7.24. The Morgan fingerprint density at radius 3 is 1.63 bits per heavy atom. The highest BCUT2D eigenvalue weighted by Crippen LogP contribution is 2.38. The summed E-state index contributed by atoms with van der Waals surface area (Å²) in [6.45, 7) is 1.06. The maximum absolute atomic E-state index is 11.8. The Kier molecular flexibility index (Phi) is 15.6. The minimum absolute atomic E-state index is 0.173. The molecule has 1 fully saturated rings. The number of phosphoric ester groups is 1. The number of likely N-dealkylation sites (N-methyl/N-ethyl adjacent to an activating group) is 1. The van der Waals surface area contributed by atoms with E-state index in [1.54, 1.807) is 0 Å². The van der Waals surface area contributed by atoms with Crippen molar-refractivity contribution in [2.75, 3.05) is 40.9 Å². The highest BCUT2D eigenvalue weighted by atomic mass is 31.2. The third-order valence-electron chi connectivity index (χ3n) is 6.24. The van der Waals surface area contributed by atoms with Crippen molar-refractivity contribution in [3.8, 4) is 0 Å². The van der Waals surface area contributed by atoms with E-state index < -0.39 is 7.82 Å². The lowest BCUT2D eigenvalue weighted by atomic mass is 9.90. The zero-order chi connectivity index (χ0) is 22.1. The molecular weight excluding hydrogens is 397 g/mol. The molecule has 0 saturated heterocycles. The molecule has 30 heavy (non-hydrogen) atoms. The molecule has 0 radical (unpaired) electrons. The molecule has 0 aromatic heterocycles. The summed E-state index contributed by atoms with van der Waals surface area (Å²) in [6.07, 6.45) is 22.5. The van der Waals surface area contributed by atoms with Gasteiger partial charge in [0.1, 0.15) is 13.2 Å². The van der Waals surface area contributed by atoms with Crippen LogP contribution in [-0.4, -0.2) is 45.4 Å². The van der Waals surface area contributed by atoms with E-state index >= 15 is 0 Å². The largest absolute Gasteiger partial charge is 0.756 e. The van der Waals surface area contributed by atoms with Crippen LogP contribution in [0, 0.1) is 5.92 Å². The SMILES string of the molecule is C[N+](C)(C)CCOP(=O)([O-])OCCCCC1CCCCCCCCCCCCCC1. The van der Waals surface area contributed by atoms with Crippen molar-refractivity contribution in [1.29, 1.82) is 0 Å². The normalized spacial score (nSPS) is 21.5. The minimum Gasteiger partial charge on any atom is -0.756 e. The molecule has 0 aromatic carbocycles. The van der Waals surface area contributed by atoms with Gasteiger partial charge in [-0.25, -0.2) is 0 Å². The van der Waals surface area contributed by atoms with Crippen LogP contribution in [0.1, 0.15) is 109 Å². The van der Waals surface area contributed by atoms with Gasteiger partial charge in [0, 0.05) is 0 Å². The minimum atomic E-state index is -4.15. The fourth-order valence-electron chi connectivity index (χ4n) is 4.24. The lowest BCUT2D eigenvalue weighted by Gasteiger charge is -2.27. The van der Waals surface area contributed by atoms with Gasteiger partial charge in [0.2, 0.25) is 0 Å². The first-order valence-corrected chi connectivity index (χ1v) is 14.2. The van der Waals surface area contributed by atoms with Crippen LogP contribution in [0.2, 0.25) is 0 Å². The Bertz CT molecular complexity index is 437. The molecule has 6 heteroatoms. The molecule has 1 saturated carbocycles. The summed E-state index contributed by atoms with van der Waals surface area (Å²) in [7, 11) is 1.87. The lowest BCUT2D eigenvalue weighted by molar-refractivity contribution is -0.870. The molecule has 0 N–H and O–H groups in total. The van der Waals surface area contributed by atoms with Crippen molar-refractivity contribution >= 4 is 7.82 Å². The fourth-order valence-corrected chi connectivity index (χ4v) is 4.97. The topological polar surface area (TPSA) is 58.6 Å². The Balaban J connectivity index is 2.21. The maximum Gasteiger partial charge on any atom is 0.268 e. The van der Waals surface area contributed by atoms with Crippen molar-refractivity contribution in [2.24, 2.45) is 5.92 Å². The smallest absolute Gasteiger partial charge is 0.268 e. The molecule has 0 heterocycles. The standard InChI is InChI=1S/C24H50NO4P/c1-25(2,3)21-23-29-30(26,27)28-22-17-16-20-24-18-14-12-10-8-6-4-5-7-9-11-13-15-19-24/h24H,4-23H2,1-3H3. The molecular formula is C24H50NO4P. The molecule has 5 nitrogen and oxygen atoms in total. The van der Waals surface area contributed by atoms with Crippen molar-refractivity contribution in [3.63, 3.8) is 0 Å². The van der Waals surface area contributed by atoms with Crippen molar-refractivity contribution < 1.29 is 23.0 Å². The van der Waals surface area contributed by atoms with Gasteiger partial charge in [-0.2, -0.15) is 0 Å². The molecule has 180 valence electrons. The number of hydrogen-bond donors (Lipinski definition) is 0. The molecule has 1 aliphatic carbocycles. The number of phosphoric acid groups is 1. The van der Waals surface area contributed by atoms with Crippen LogP contribution in [0.15, 0.2) is 0 Å². The van der Waals surface area contributed by atoms with E-state index in [9.17, 15) is 9.46 Å². The first-order valence-electron chi connectivity index (χ1n) is 12.7. The lowest BCUT2D eigenvalue weighted by Crippen LogP contribution is -2.37. The quantitative estimate of drug-likeness (QED) is 0.219. The van der Waals surface area contributed by atoms with E-state index in [1.165, 1.54) is 96.3 Å². The van der Waals surface area contributed by atoms with Crippen LogP contribution >= 0.6 is 7.82 Å². The molecule has 1 aliphatic rings. The van der Waals surface area contributed by atoms with E-state index in [0.29, 0.717) is 11.0 Å². The fraction of sp³-hybridized carbons (Fsp3) is 1.00. The first-order chi connectivity index (χ1) is 14.3. The number of rotatable bonds is 10. The van der Waals surface area contributed by atoms with E-state index in [1.807, 2.05) is 21.1 Å². The van der Waals surface area contributed by atoms with Crippen LogP contribution in [0.5, 0.6) is 0 Å². The maximum atomic E-state index is 11.8. The van der Waals surface area contributed by atoms with Gasteiger partial charge in [-0.1, -0.05) is 103 Å². The number of nitrogens with zero attached hydrogens (tertiary/aromatic N) is 1. The number of unbranched alkanes of at least 4 members (excludes halogenated alkanes) is 1. The number of quaternary nitrogens is 1. The van der Waals surface area contributed by atoms with E-state index in [2.05, 4.69) is 0 Å². The second-order valence-corrected chi connectivity index (χ2v) is 11.7. The van der Waals surface area contributed by atoms with Crippen molar-refractivity contribution in [2.45, 2.75) is 109 Å². The van der Waals surface area contributed by atoms with Crippen molar-refractivity contribution in [3.05, 3.63) is 0 Å².